The van der Waals surface area contributed by atoms with Crippen molar-refractivity contribution in [2.75, 3.05) is 13.2 Å². The highest BCUT2D eigenvalue weighted by molar-refractivity contribution is 5.85. The summed E-state index contributed by atoms with van der Waals surface area (Å²) in [6.45, 7) is 16.0. The Balaban J connectivity index is 1.34. The Hall–Kier alpha value is -1.16. The lowest BCUT2D eigenvalue weighted by Crippen LogP contribution is -2.44. The number of ketones is 1. The van der Waals surface area contributed by atoms with E-state index in [1.165, 1.54) is 5.57 Å². The van der Waals surface area contributed by atoms with Crippen LogP contribution < -0.4 is 0 Å². The summed E-state index contributed by atoms with van der Waals surface area (Å²) in [7, 11) is 0. The summed E-state index contributed by atoms with van der Waals surface area (Å²) in [6, 6.07) is 0. The van der Waals surface area contributed by atoms with E-state index in [1.807, 2.05) is 0 Å². The summed E-state index contributed by atoms with van der Waals surface area (Å²) in [6.07, 6.45) is 10.0. The summed E-state index contributed by atoms with van der Waals surface area (Å²) in [5.74, 6) is 2.87. The Kier molecular flexibility index (Phi) is 9.23. The highest BCUT2D eigenvalue weighted by Gasteiger charge is 2.45. The largest absolute Gasteiger partial charge is 0.465 e. The van der Waals surface area contributed by atoms with Crippen molar-refractivity contribution in [1.82, 2.24) is 0 Å². The minimum Gasteiger partial charge on any atom is -0.465 e. The van der Waals surface area contributed by atoms with Crippen LogP contribution in [0.15, 0.2) is 12.2 Å². The van der Waals surface area contributed by atoms with Crippen molar-refractivity contribution in [3.8, 4) is 0 Å². The third kappa shape index (κ3) is 7.67. The molecule has 3 aliphatic rings. The van der Waals surface area contributed by atoms with Crippen LogP contribution in [0.2, 0.25) is 0 Å². The van der Waals surface area contributed by atoms with Crippen LogP contribution in [0.1, 0.15) is 98.8 Å². The van der Waals surface area contributed by atoms with Crippen LogP contribution in [0.4, 0.5) is 0 Å². The van der Waals surface area contributed by atoms with Gasteiger partial charge in [0.1, 0.15) is 5.78 Å². The number of carbonyl (C=O) groups is 2. The molecule has 0 spiro atoms. The van der Waals surface area contributed by atoms with Gasteiger partial charge in [0.2, 0.25) is 0 Å². The molecular weight excluding hydrogens is 412 g/mol. The van der Waals surface area contributed by atoms with Crippen molar-refractivity contribution in [3.05, 3.63) is 12.2 Å². The van der Waals surface area contributed by atoms with Crippen LogP contribution in [0.5, 0.6) is 0 Å². The molecule has 0 aromatic carbocycles. The minimum atomic E-state index is -0.0710. The Bertz CT molecular complexity index is 674. The van der Waals surface area contributed by atoms with E-state index in [9.17, 15) is 9.59 Å². The second-order valence-corrected chi connectivity index (χ2v) is 12.6. The topological polar surface area (TPSA) is 52.6 Å². The monoisotopic (exact) mass is 460 g/mol. The van der Waals surface area contributed by atoms with E-state index >= 15 is 0 Å². The van der Waals surface area contributed by atoms with Crippen molar-refractivity contribution in [2.45, 2.75) is 104 Å². The number of Topliss-reactive ketones (excluding diaryl/α,β-unsaturated/α-hetero) is 1. The van der Waals surface area contributed by atoms with Crippen molar-refractivity contribution in [2.24, 2.45) is 41.4 Å². The molecule has 3 rings (SSSR count). The zero-order valence-electron chi connectivity index (χ0n) is 21.9. The first-order valence-electron chi connectivity index (χ1n) is 13.5. The molecule has 3 unspecified atom stereocenters. The molecule has 0 N–H and O–H groups in total. The van der Waals surface area contributed by atoms with Gasteiger partial charge in [0.05, 0.1) is 24.7 Å². The SMILES string of the molecule is C=C(C)CC1CC(C)C1C(=O)C1CCC(C(=O)OCC2CCC(COC(C)(C)C)CC2)CC1. The van der Waals surface area contributed by atoms with Crippen molar-refractivity contribution in [1.29, 1.82) is 0 Å². The lowest BCUT2D eigenvalue weighted by atomic mass is 9.59. The molecule has 4 nitrogen and oxygen atoms in total. The van der Waals surface area contributed by atoms with Gasteiger partial charge in [0.15, 0.2) is 0 Å². The molecule has 3 saturated carbocycles. The Labute approximate surface area is 202 Å². The number of ether oxygens (including phenoxy) is 2. The van der Waals surface area contributed by atoms with Crippen molar-refractivity contribution >= 4 is 11.8 Å². The van der Waals surface area contributed by atoms with Crippen LogP contribution in [0.25, 0.3) is 0 Å². The van der Waals surface area contributed by atoms with Gasteiger partial charge in [-0.15, -0.1) is 6.58 Å². The number of hydrogen-bond acceptors (Lipinski definition) is 4. The first-order chi connectivity index (χ1) is 15.5. The molecule has 0 saturated heterocycles. The Morgan fingerprint density at radius 1 is 0.879 bits per heavy atom. The molecule has 3 atom stereocenters. The van der Waals surface area contributed by atoms with Gasteiger partial charge in [-0.05, 0) is 116 Å². The summed E-state index contributed by atoms with van der Waals surface area (Å²) in [5.41, 5.74) is 1.11. The van der Waals surface area contributed by atoms with Gasteiger partial charge in [0.25, 0.3) is 0 Å². The van der Waals surface area contributed by atoms with Gasteiger partial charge in [-0.1, -0.05) is 12.5 Å². The number of esters is 1. The quantitative estimate of drug-likeness (QED) is 0.281. The normalized spacial score (nSPS) is 34.9. The van der Waals surface area contributed by atoms with Gasteiger partial charge in [-0.2, -0.15) is 0 Å². The molecule has 3 aliphatic carbocycles. The Morgan fingerprint density at radius 3 is 1.94 bits per heavy atom. The first kappa shape index (κ1) is 26.4. The van der Waals surface area contributed by atoms with E-state index in [0.29, 0.717) is 36.1 Å². The second-order valence-electron chi connectivity index (χ2n) is 12.6. The van der Waals surface area contributed by atoms with E-state index < -0.39 is 0 Å². The highest BCUT2D eigenvalue weighted by Crippen LogP contribution is 2.47. The molecule has 0 aliphatic heterocycles. The predicted molar refractivity (Wildman–Crippen MR) is 133 cm³/mol. The Morgan fingerprint density at radius 2 is 1.42 bits per heavy atom. The van der Waals surface area contributed by atoms with Gasteiger partial charge < -0.3 is 9.47 Å². The van der Waals surface area contributed by atoms with Gasteiger partial charge in [0, 0.05) is 11.8 Å². The second kappa shape index (κ2) is 11.5. The van der Waals surface area contributed by atoms with Crippen molar-refractivity contribution < 1.29 is 19.1 Å². The first-order valence-corrected chi connectivity index (χ1v) is 13.5. The van der Waals surface area contributed by atoms with Gasteiger partial charge >= 0.3 is 5.97 Å². The fourth-order valence-corrected chi connectivity index (χ4v) is 6.35. The molecule has 188 valence electrons. The van der Waals surface area contributed by atoms with Crippen LogP contribution in [0, 0.1) is 41.4 Å². The average molecular weight is 461 g/mol. The molecule has 4 heteroatoms. The fourth-order valence-electron chi connectivity index (χ4n) is 6.35. The molecule has 0 aromatic heterocycles. The summed E-state index contributed by atoms with van der Waals surface area (Å²) < 4.78 is 11.7. The van der Waals surface area contributed by atoms with E-state index in [-0.39, 0.29) is 29.3 Å². The highest BCUT2D eigenvalue weighted by atomic mass is 16.5. The maximum atomic E-state index is 13.2. The van der Waals surface area contributed by atoms with Gasteiger partial charge in [-0.3, -0.25) is 9.59 Å². The molecule has 0 heterocycles. The smallest absolute Gasteiger partial charge is 0.308 e. The van der Waals surface area contributed by atoms with E-state index in [1.54, 1.807) is 0 Å². The third-order valence-electron chi connectivity index (χ3n) is 8.38. The lowest BCUT2D eigenvalue weighted by Gasteiger charge is -2.44. The van der Waals surface area contributed by atoms with Crippen LogP contribution in [0.3, 0.4) is 0 Å². The van der Waals surface area contributed by atoms with E-state index in [0.717, 1.165) is 70.8 Å². The molecule has 0 bridgehead atoms. The van der Waals surface area contributed by atoms with Crippen LogP contribution >= 0.6 is 0 Å². The maximum absolute atomic E-state index is 13.2. The predicted octanol–water partition coefficient (Wildman–Crippen LogP) is 6.77. The molecule has 33 heavy (non-hydrogen) atoms. The molecule has 3 fully saturated rings. The molecule has 0 amide bonds. The van der Waals surface area contributed by atoms with Crippen molar-refractivity contribution in [3.63, 3.8) is 0 Å². The average Bonchev–Trinajstić information content (AvgIpc) is 2.75. The number of carbonyl (C=O) groups excluding carboxylic acids is 2. The van der Waals surface area contributed by atoms with Gasteiger partial charge in [-0.25, -0.2) is 0 Å². The van der Waals surface area contributed by atoms with E-state index in [4.69, 9.17) is 9.47 Å². The van der Waals surface area contributed by atoms with E-state index in [2.05, 4.69) is 41.2 Å². The molecular formula is C29H48O4. The minimum absolute atomic E-state index is 0.0180. The summed E-state index contributed by atoms with van der Waals surface area (Å²) >= 11 is 0. The van der Waals surface area contributed by atoms with Crippen LogP contribution in [-0.4, -0.2) is 30.6 Å². The zero-order valence-corrected chi connectivity index (χ0v) is 21.9. The lowest BCUT2D eigenvalue weighted by molar-refractivity contribution is -0.153. The van der Waals surface area contributed by atoms with Crippen LogP contribution in [-0.2, 0) is 19.1 Å². The number of allylic oxidation sites excluding steroid dienone is 1. The maximum Gasteiger partial charge on any atom is 0.308 e. The molecule has 0 radical (unpaired) electrons. The number of rotatable bonds is 9. The number of hydrogen-bond donors (Lipinski definition) is 0. The summed E-state index contributed by atoms with van der Waals surface area (Å²) in [4.78, 5) is 25.8. The third-order valence-corrected chi connectivity index (χ3v) is 8.38. The fraction of sp³-hybridized carbons (Fsp3) is 0.862. The molecule has 0 aromatic rings. The summed E-state index contributed by atoms with van der Waals surface area (Å²) in [5, 5.41) is 0. The standard InChI is InChI=1S/C29H48O4/c1-19(2)15-25-16-20(3)26(25)27(30)23-11-13-24(14-12-23)28(31)32-17-21-7-9-22(10-8-21)18-33-29(4,5)6/h20-26H,1,7-18H2,2-6H3. The zero-order chi connectivity index (χ0) is 24.2.